The van der Waals surface area contributed by atoms with E-state index < -0.39 is 0 Å². The maximum atomic E-state index is 5.96. The third kappa shape index (κ3) is 2.41. The van der Waals surface area contributed by atoms with Gasteiger partial charge >= 0.3 is 0 Å². The molecule has 23 heavy (non-hydrogen) atoms. The number of nitrogens with zero attached hydrogens (tertiary/aromatic N) is 2. The molecule has 2 aromatic heterocycles. The number of imidazole rings is 1. The molecule has 0 unspecified atom stereocenters. The summed E-state index contributed by atoms with van der Waals surface area (Å²) < 4.78 is 2.06. The summed E-state index contributed by atoms with van der Waals surface area (Å²) >= 11 is 0. The SMILES string of the molecule is NCc1c(-c2ccc(-c3ccccc3)cc2)nc2ccccn12. The van der Waals surface area contributed by atoms with Crippen LogP contribution >= 0.6 is 0 Å². The van der Waals surface area contributed by atoms with E-state index in [1.807, 2.05) is 30.5 Å². The van der Waals surface area contributed by atoms with Crippen LogP contribution in [0.25, 0.3) is 28.0 Å². The van der Waals surface area contributed by atoms with Crippen LogP contribution in [0.2, 0.25) is 0 Å². The van der Waals surface area contributed by atoms with Crippen LogP contribution in [0.15, 0.2) is 79.0 Å². The summed E-state index contributed by atoms with van der Waals surface area (Å²) in [7, 11) is 0. The fraction of sp³-hybridized carbons (Fsp3) is 0.0500. The molecule has 0 aliphatic rings. The molecule has 2 N–H and O–H groups in total. The maximum absolute atomic E-state index is 5.96. The van der Waals surface area contributed by atoms with Crippen molar-refractivity contribution < 1.29 is 0 Å². The van der Waals surface area contributed by atoms with Gasteiger partial charge in [-0.1, -0.05) is 60.7 Å². The Morgan fingerprint density at radius 3 is 2.13 bits per heavy atom. The summed E-state index contributed by atoms with van der Waals surface area (Å²) in [5, 5.41) is 0. The van der Waals surface area contributed by atoms with Gasteiger partial charge in [-0.25, -0.2) is 4.98 Å². The van der Waals surface area contributed by atoms with Crippen LogP contribution in [0.4, 0.5) is 0 Å². The van der Waals surface area contributed by atoms with E-state index in [-0.39, 0.29) is 0 Å². The van der Waals surface area contributed by atoms with Crippen molar-refractivity contribution in [3.8, 4) is 22.4 Å². The quantitative estimate of drug-likeness (QED) is 0.618. The Morgan fingerprint density at radius 2 is 1.39 bits per heavy atom. The van der Waals surface area contributed by atoms with Gasteiger partial charge < -0.3 is 10.1 Å². The van der Waals surface area contributed by atoms with E-state index >= 15 is 0 Å². The lowest BCUT2D eigenvalue weighted by atomic mass is 10.0. The van der Waals surface area contributed by atoms with Crippen molar-refractivity contribution in [2.75, 3.05) is 0 Å². The molecule has 0 saturated carbocycles. The monoisotopic (exact) mass is 299 g/mol. The molecule has 0 aliphatic heterocycles. The molecule has 3 nitrogen and oxygen atoms in total. The number of nitrogens with two attached hydrogens (primary N) is 1. The molecule has 0 radical (unpaired) electrons. The molecule has 4 rings (SSSR count). The smallest absolute Gasteiger partial charge is 0.137 e. The van der Waals surface area contributed by atoms with Gasteiger partial charge in [-0.05, 0) is 23.3 Å². The van der Waals surface area contributed by atoms with Crippen molar-refractivity contribution in [1.82, 2.24) is 9.38 Å². The molecule has 2 aromatic carbocycles. The summed E-state index contributed by atoms with van der Waals surface area (Å²) in [5.41, 5.74) is 12.4. The zero-order valence-corrected chi connectivity index (χ0v) is 12.7. The van der Waals surface area contributed by atoms with Gasteiger partial charge in [-0.15, -0.1) is 0 Å². The van der Waals surface area contributed by atoms with Gasteiger partial charge in [0, 0.05) is 18.3 Å². The summed E-state index contributed by atoms with van der Waals surface area (Å²) in [6, 6.07) is 24.9. The van der Waals surface area contributed by atoms with E-state index in [0.717, 1.165) is 22.6 Å². The van der Waals surface area contributed by atoms with Gasteiger partial charge in [0.05, 0.1) is 11.4 Å². The normalized spacial score (nSPS) is 11.0. The molecular formula is C20H17N3. The van der Waals surface area contributed by atoms with E-state index in [4.69, 9.17) is 10.7 Å². The number of fused-ring (bicyclic) bond motifs is 1. The minimum Gasteiger partial charge on any atom is -0.325 e. The van der Waals surface area contributed by atoms with Crippen LogP contribution in [0, 0.1) is 0 Å². The fourth-order valence-electron chi connectivity index (χ4n) is 2.92. The van der Waals surface area contributed by atoms with Crippen LogP contribution in [0.5, 0.6) is 0 Å². The van der Waals surface area contributed by atoms with E-state index in [1.165, 1.54) is 11.1 Å². The zero-order valence-electron chi connectivity index (χ0n) is 12.7. The van der Waals surface area contributed by atoms with Crippen molar-refractivity contribution in [2.24, 2.45) is 5.73 Å². The maximum Gasteiger partial charge on any atom is 0.137 e. The number of aromatic nitrogens is 2. The Labute approximate surface area is 135 Å². The Hall–Kier alpha value is -2.91. The molecule has 0 bridgehead atoms. The Morgan fingerprint density at radius 1 is 0.739 bits per heavy atom. The second-order valence-electron chi connectivity index (χ2n) is 5.48. The van der Waals surface area contributed by atoms with Gasteiger partial charge in [0.1, 0.15) is 5.65 Å². The first-order valence-electron chi connectivity index (χ1n) is 7.69. The number of hydrogen-bond acceptors (Lipinski definition) is 2. The van der Waals surface area contributed by atoms with Crippen molar-refractivity contribution in [3.63, 3.8) is 0 Å². The highest BCUT2D eigenvalue weighted by molar-refractivity contribution is 5.71. The molecule has 4 aromatic rings. The molecule has 0 fully saturated rings. The van der Waals surface area contributed by atoms with E-state index in [0.29, 0.717) is 6.54 Å². The van der Waals surface area contributed by atoms with E-state index in [2.05, 4.69) is 52.9 Å². The first-order chi connectivity index (χ1) is 11.4. The van der Waals surface area contributed by atoms with Gasteiger partial charge in [0.2, 0.25) is 0 Å². The van der Waals surface area contributed by atoms with Gasteiger partial charge in [-0.3, -0.25) is 0 Å². The van der Waals surface area contributed by atoms with Crippen molar-refractivity contribution in [1.29, 1.82) is 0 Å². The largest absolute Gasteiger partial charge is 0.325 e. The van der Waals surface area contributed by atoms with Crippen molar-refractivity contribution in [3.05, 3.63) is 84.7 Å². The topological polar surface area (TPSA) is 43.3 Å². The summed E-state index contributed by atoms with van der Waals surface area (Å²) in [5.74, 6) is 0. The van der Waals surface area contributed by atoms with Crippen LogP contribution in [-0.2, 0) is 6.54 Å². The third-order valence-electron chi connectivity index (χ3n) is 4.09. The van der Waals surface area contributed by atoms with E-state index in [1.54, 1.807) is 0 Å². The van der Waals surface area contributed by atoms with E-state index in [9.17, 15) is 0 Å². The Balaban J connectivity index is 1.79. The second kappa shape index (κ2) is 5.71. The number of pyridine rings is 1. The molecule has 112 valence electrons. The summed E-state index contributed by atoms with van der Waals surface area (Å²) in [6.45, 7) is 0.459. The molecule has 0 amide bonds. The van der Waals surface area contributed by atoms with Gasteiger partial charge in [0.15, 0.2) is 0 Å². The fourth-order valence-corrected chi connectivity index (χ4v) is 2.92. The predicted molar refractivity (Wildman–Crippen MR) is 94.0 cm³/mol. The van der Waals surface area contributed by atoms with Gasteiger partial charge in [-0.2, -0.15) is 0 Å². The van der Waals surface area contributed by atoms with Crippen LogP contribution < -0.4 is 5.73 Å². The summed E-state index contributed by atoms with van der Waals surface area (Å²) in [4.78, 5) is 4.74. The standard InChI is InChI=1S/C20H17N3/c21-14-18-20(22-19-8-4-5-13-23(18)19)17-11-9-16(10-12-17)15-6-2-1-3-7-15/h1-13H,14,21H2. The minimum atomic E-state index is 0.459. The first kappa shape index (κ1) is 13.7. The lowest BCUT2D eigenvalue weighted by Gasteiger charge is -2.05. The predicted octanol–water partition coefficient (Wildman–Crippen LogP) is 4.13. The average Bonchev–Trinajstić information content (AvgIpc) is 3.01. The number of hydrogen-bond donors (Lipinski definition) is 1. The van der Waals surface area contributed by atoms with Crippen LogP contribution in [-0.4, -0.2) is 9.38 Å². The first-order valence-corrected chi connectivity index (χ1v) is 7.69. The molecular weight excluding hydrogens is 282 g/mol. The molecule has 0 spiro atoms. The highest BCUT2D eigenvalue weighted by Gasteiger charge is 2.12. The molecule has 2 heterocycles. The lowest BCUT2D eigenvalue weighted by Crippen LogP contribution is -2.02. The molecule has 3 heteroatoms. The number of rotatable bonds is 3. The molecule has 0 aliphatic carbocycles. The van der Waals surface area contributed by atoms with Crippen LogP contribution in [0.3, 0.4) is 0 Å². The Bertz CT molecular complexity index is 938. The molecule has 0 saturated heterocycles. The Kier molecular flexibility index (Phi) is 3.41. The van der Waals surface area contributed by atoms with Gasteiger partial charge in [0.25, 0.3) is 0 Å². The highest BCUT2D eigenvalue weighted by atomic mass is 15.0. The average molecular weight is 299 g/mol. The van der Waals surface area contributed by atoms with Crippen molar-refractivity contribution >= 4 is 5.65 Å². The molecule has 0 atom stereocenters. The minimum absolute atomic E-state index is 0.459. The number of benzene rings is 2. The second-order valence-corrected chi connectivity index (χ2v) is 5.48. The highest BCUT2D eigenvalue weighted by Crippen LogP contribution is 2.27. The zero-order chi connectivity index (χ0) is 15.6. The lowest BCUT2D eigenvalue weighted by molar-refractivity contribution is 0.962. The van der Waals surface area contributed by atoms with Crippen LogP contribution in [0.1, 0.15) is 5.69 Å². The van der Waals surface area contributed by atoms with Crippen molar-refractivity contribution in [2.45, 2.75) is 6.54 Å². The third-order valence-corrected chi connectivity index (χ3v) is 4.09. The summed E-state index contributed by atoms with van der Waals surface area (Å²) in [6.07, 6.45) is 2.01.